The minimum absolute atomic E-state index is 0.120. The molecule has 26 heavy (non-hydrogen) atoms. The number of nitrogens with one attached hydrogen (secondary N) is 1. The van der Waals surface area contributed by atoms with Gasteiger partial charge in [-0.2, -0.15) is 0 Å². The molecule has 1 N–H and O–H groups in total. The van der Waals surface area contributed by atoms with Gasteiger partial charge in [-0.05, 0) is 44.0 Å². The van der Waals surface area contributed by atoms with Crippen LogP contribution in [-0.4, -0.2) is 18.6 Å². The number of carbonyl (C=O) groups excluding carboxylic acids is 1. The van der Waals surface area contributed by atoms with Crippen LogP contribution < -0.4 is 14.8 Å². The highest BCUT2D eigenvalue weighted by atomic mass is 19.1. The summed E-state index contributed by atoms with van der Waals surface area (Å²) in [7, 11) is 0. The summed E-state index contributed by atoms with van der Waals surface area (Å²) in [6.45, 7) is 4.88. The standard InChI is InChI=1S/C21H24FNO3/c1-3-25-19-11-16-10-14(2)26-20(16)12-17(19)13-23-21(24)9-8-15-6-4-5-7-18(15)22/h4-7,11-12,14H,3,8-10,13H2,1-2H3,(H,23,24)/t14-/m1/s1. The molecule has 0 radical (unpaired) electrons. The Labute approximate surface area is 153 Å². The van der Waals surface area contributed by atoms with Gasteiger partial charge in [0.2, 0.25) is 5.91 Å². The van der Waals surface area contributed by atoms with E-state index in [1.54, 1.807) is 18.2 Å². The zero-order chi connectivity index (χ0) is 18.5. The Bertz CT molecular complexity index is 791. The summed E-state index contributed by atoms with van der Waals surface area (Å²) in [5, 5.41) is 2.89. The van der Waals surface area contributed by atoms with Crippen LogP contribution >= 0.6 is 0 Å². The molecule has 1 amide bonds. The second-order valence-corrected chi connectivity index (χ2v) is 6.50. The predicted octanol–water partition coefficient (Wildman–Crippen LogP) is 3.80. The summed E-state index contributed by atoms with van der Waals surface area (Å²) in [4.78, 5) is 12.2. The molecule has 4 nitrogen and oxygen atoms in total. The first-order valence-electron chi connectivity index (χ1n) is 9.02. The lowest BCUT2D eigenvalue weighted by molar-refractivity contribution is -0.121. The molecule has 0 fully saturated rings. The quantitative estimate of drug-likeness (QED) is 0.820. The second-order valence-electron chi connectivity index (χ2n) is 6.50. The van der Waals surface area contributed by atoms with Crippen molar-refractivity contribution in [2.75, 3.05) is 6.61 Å². The highest BCUT2D eigenvalue weighted by molar-refractivity contribution is 5.76. The van der Waals surface area contributed by atoms with Crippen LogP contribution in [0.15, 0.2) is 36.4 Å². The van der Waals surface area contributed by atoms with Crippen LogP contribution in [-0.2, 0) is 24.2 Å². The van der Waals surface area contributed by atoms with Crippen molar-refractivity contribution >= 4 is 5.91 Å². The Kier molecular flexibility index (Phi) is 5.76. The first-order valence-corrected chi connectivity index (χ1v) is 9.02. The number of benzene rings is 2. The van der Waals surface area contributed by atoms with Gasteiger partial charge >= 0.3 is 0 Å². The van der Waals surface area contributed by atoms with Crippen LogP contribution in [0.25, 0.3) is 0 Å². The number of hydrogen-bond donors (Lipinski definition) is 1. The fourth-order valence-electron chi connectivity index (χ4n) is 3.14. The summed E-state index contributed by atoms with van der Waals surface area (Å²) in [6, 6.07) is 10.5. The fourth-order valence-corrected chi connectivity index (χ4v) is 3.14. The van der Waals surface area contributed by atoms with Crippen LogP contribution in [0.3, 0.4) is 0 Å². The highest BCUT2D eigenvalue weighted by Gasteiger charge is 2.22. The molecule has 0 aromatic heterocycles. The first kappa shape index (κ1) is 18.2. The molecule has 0 saturated carbocycles. The lowest BCUT2D eigenvalue weighted by Gasteiger charge is -2.13. The van der Waals surface area contributed by atoms with Crippen molar-refractivity contribution < 1.29 is 18.7 Å². The lowest BCUT2D eigenvalue weighted by atomic mass is 10.1. The number of amides is 1. The van der Waals surface area contributed by atoms with Gasteiger partial charge in [0.15, 0.2) is 0 Å². The van der Waals surface area contributed by atoms with E-state index < -0.39 is 0 Å². The van der Waals surface area contributed by atoms with E-state index in [2.05, 4.69) is 5.32 Å². The Hall–Kier alpha value is -2.56. The van der Waals surface area contributed by atoms with Crippen molar-refractivity contribution in [1.82, 2.24) is 5.32 Å². The van der Waals surface area contributed by atoms with Crippen molar-refractivity contribution in [2.24, 2.45) is 0 Å². The largest absolute Gasteiger partial charge is 0.494 e. The van der Waals surface area contributed by atoms with Crippen molar-refractivity contribution in [1.29, 1.82) is 0 Å². The van der Waals surface area contributed by atoms with E-state index in [4.69, 9.17) is 9.47 Å². The zero-order valence-corrected chi connectivity index (χ0v) is 15.2. The molecule has 1 heterocycles. The smallest absolute Gasteiger partial charge is 0.220 e. The molecule has 1 aliphatic heterocycles. The molecule has 1 aliphatic rings. The van der Waals surface area contributed by atoms with E-state index in [-0.39, 0.29) is 24.2 Å². The number of halogens is 1. The Balaban J connectivity index is 1.61. The monoisotopic (exact) mass is 357 g/mol. The number of fused-ring (bicyclic) bond motifs is 1. The maximum atomic E-state index is 13.6. The molecule has 1 atom stereocenters. The molecule has 2 aromatic carbocycles. The Morgan fingerprint density at radius 1 is 1.31 bits per heavy atom. The Morgan fingerprint density at radius 2 is 2.12 bits per heavy atom. The maximum Gasteiger partial charge on any atom is 0.220 e. The molecule has 0 unspecified atom stereocenters. The molecular weight excluding hydrogens is 333 g/mol. The predicted molar refractivity (Wildman–Crippen MR) is 98.0 cm³/mol. The third kappa shape index (κ3) is 4.34. The van der Waals surface area contributed by atoms with Gasteiger partial charge in [0.05, 0.1) is 6.61 Å². The average molecular weight is 357 g/mol. The normalized spacial score (nSPS) is 15.3. The molecule has 138 valence electrons. The van der Waals surface area contributed by atoms with Gasteiger partial charge in [0, 0.05) is 30.5 Å². The molecular formula is C21H24FNO3. The van der Waals surface area contributed by atoms with Gasteiger partial charge < -0.3 is 14.8 Å². The summed E-state index contributed by atoms with van der Waals surface area (Å²) in [5.41, 5.74) is 2.58. The molecule has 3 rings (SSSR count). The number of ether oxygens (including phenoxy) is 2. The number of carbonyl (C=O) groups is 1. The van der Waals surface area contributed by atoms with Gasteiger partial charge in [0.25, 0.3) is 0 Å². The summed E-state index contributed by atoms with van der Waals surface area (Å²) in [5.74, 6) is 1.24. The molecule has 5 heteroatoms. The van der Waals surface area contributed by atoms with Gasteiger partial charge in [-0.1, -0.05) is 18.2 Å². The summed E-state index contributed by atoms with van der Waals surface area (Å²) >= 11 is 0. The van der Waals surface area contributed by atoms with Gasteiger partial charge in [0.1, 0.15) is 23.4 Å². The van der Waals surface area contributed by atoms with Crippen molar-refractivity contribution in [2.45, 2.75) is 45.8 Å². The van der Waals surface area contributed by atoms with Gasteiger partial charge in [-0.15, -0.1) is 0 Å². The van der Waals surface area contributed by atoms with Crippen LogP contribution in [0, 0.1) is 5.82 Å². The fraction of sp³-hybridized carbons (Fsp3) is 0.381. The lowest BCUT2D eigenvalue weighted by Crippen LogP contribution is -2.23. The van der Waals surface area contributed by atoms with Gasteiger partial charge in [-0.3, -0.25) is 4.79 Å². The van der Waals surface area contributed by atoms with E-state index in [0.717, 1.165) is 29.0 Å². The molecule has 2 aromatic rings. The van der Waals surface area contributed by atoms with E-state index in [0.29, 0.717) is 25.1 Å². The van der Waals surface area contributed by atoms with Crippen molar-refractivity contribution in [3.63, 3.8) is 0 Å². The minimum Gasteiger partial charge on any atom is -0.494 e. The maximum absolute atomic E-state index is 13.6. The third-order valence-electron chi connectivity index (χ3n) is 4.43. The molecule has 0 bridgehead atoms. The number of aryl methyl sites for hydroxylation is 1. The van der Waals surface area contributed by atoms with Crippen LogP contribution in [0.1, 0.15) is 37.0 Å². The molecule has 0 aliphatic carbocycles. The zero-order valence-electron chi connectivity index (χ0n) is 15.2. The third-order valence-corrected chi connectivity index (χ3v) is 4.43. The minimum atomic E-state index is -0.274. The SMILES string of the molecule is CCOc1cc2c(cc1CNC(=O)CCc1ccccc1F)O[C@H](C)C2. The van der Waals surface area contributed by atoms with Gasteiger partial charge in [-0.25, -0.2) is 4.39 Å². The molecule has 0 saturated heterocycles. The molecule has 0 spiro atoms. The van der Waals surface area contributed by atoms with Crippen molar-refractivity contribution in [3.05, 3.63) is 58.9 Å². The number of rotatable bonds is 7. The second kappa shape index (κ2) is 8.21. The van der Waals surface area contributed by atoms with E-state index >= 15 is 0 Å². The highest BCUT2D eigenvalue weighted by Crippen LogP contribution is 2.35. The first-order chi connectivity index (χ1) is 12.6. The van der Waals surface area contributed by atoms with E-state index in [1.165, 1.54) is 6.07 Å². The average Bonchev–Trinajstić information content (AvgIpc) is 2.98. The van der Waals surface area contributed by atoms with E-state index in [9.17, 15) is 9.18 Å². The van der Waals surface area contributed by atoms with Crippen LogP contribution in [0.5, 0.6) is 11.5 Å². The summed E-state index contributed by atoms with van der Waals surface area (Å²) in [6.07, 6.45) is 1.64. The van der Waals surface area contributed by atoms with Crippen molar-refractivity contribution in [3.8, 4) is 11.5 Å². The number of hydrogen-bond acceptors (Lipinski definition) is 3. The Morgan fingerprint density at radius 3 is 2.88 bits per heavy atom. The topological polar surface area (TPSA) is 47.6 Å². The van der Waals surface area contributed by atoms with Crippen LogP contribution in [0.4, 0.5) is 4.39 Å². The van der Waals surface area contributed by atoms with Crippen LogP contribution in [0.2, 0.25) is 0 Å². The van der Waals surface area contributed by atoms with E-state index in [1.807, 2.05) is 26.0 Å². The summed E-state index contributed by atoms with van der Waals surface area (Å²) < 4.78 is 25.1.